The third-order valence-corrected chi connectivity index (χ3v) is 4.58. The normalized spacial score (nSPS) is 12.5. The Bertz CT molecular complexity index is 1240. The zero-order valence-corrected chi connectivity index (χ0v) is 16.5. The second kappa shape index (κ2) is 8.55. The van der Waals surface area contributed by atoms with Crippen molar-refractivity contribution in [2.24, 2.45) is 0 Å². The van der Waals surface area contributed by atoms with Gasteiger partial charge in [0.1, 0.15) is 19.0 Å². The molecular weight excluding hydrogens is 423 g/mol. The number of fused-ring (bicyclic) bond motifs is 1. The van der Waals surface area contributed by atoms with Crippen LogP contribution in [0.4, 0.5) is 18.9 Å². The molecule has 0 aliphatic carbocycles. The molecule has 0 aromatic heterocycles. The van der Waals surface area contributed by atoms with E-state index in [9.17, 15) is 23.1 Å². The fraction of sp³-hybridized carbons (Fsp3) is 0.125. The van der Waals surface area contributed by atoms with Gasteiger partial charge in [-0.3, -0.25) is 4.79 Å². The van der Waals surface area contributed by atoms with Gasteiger partial charge in [0.25, 0.3) is 5.91 Å². The molecule has 1 amide bonds. The van der Waals surface area contributed by atoms with Crippen molar-refractivity contribution in [2.75, 3.05) is 18.5 Å². The summed E-state index contributed by atoms with van der Waals surface area (Å²) in [4.78, 5) is 12.6. The summed E-state index contributed by atoms with van der Waals surface area (Å²) in [5.74, 6) is 6.00. The van der Waals surface area contributed by atoms with Crippen LogP contribution in [-0.4, -0.2) is 24.2 Å². The number of hydrogen-bond acceptors (Lipinski definition) is 4. The average molecular weight is 439 g/mol. The van der Waals surface area contributed by atoms with E-state index >= 15 is 0 Å². The molecule has 2 N–H and O–H groups in total. The monoisotopic (exact) mass is 439 g/mol. The maximum atomic E-state index is 12.9. The summed E-state index contributed by atoms with van der Waals surface area (Å²) in [6.07, 6.45) is -4.54. The molecule has 0 unspecified atom stereocenters. The summed E-state index contributed by atoms with van der Waals surface area (Å²) in [5.41, 5.74) is 0.0520. The summed E-state index contributed by atoms with van der Waals surface area (Å²) < 4.78 is 49.6. The largest absolute Gasteiger partial charge is 0.507 e. The Morgan fingerprint density at radius 3 is 2.34 bits per heavy atom. The molecule has 0 bridgehead atoms. The molecule has 5 nitrogen and oxygen atoms in total. The fourth-order valence-electron chi connectivity index (χ4n) is 3.03. The van der Waals surface area contributed by atoms with Crippen molar-refractivity contribution >= 4 is 11.6 Å². The van der Waals surface area contributed by atoms with Crippen molar-refractivity contribution in [3.8, 4) is 29.1 Å². The van der Waals surface area contributed by atoms with Gasteiger partial charge in [-0.05, 0) is 54.6 Å². The number of alkyl halides is 3. The van der Waals surface area contributed by atoms with Crippen molar-refractivity contribution in [1.29, 1.82) is 0 Å². The number of hydrogen-bond donors (Lipinski definition) is 2. The highest BCUT2D eigenvalue weighted by molar-refractivity contribution is 6.06. The van der Waals surface area contributed by atoms with E-state index < -0.39 is 17.6 Å². The van der Waals surface area contributed by atoms with Crippen LogP contribution in [0.5, 0.6) is 17.2 Å². The van der Waals surface area contributed by atoms with E-state index in [0.29, 0.717) is 35.8 Å². The predicted molar refractivity (Wildman–Crippen MR) is 111 cm³/mol. The lowest BCUT2D eigenvalue weighted by Crippen LogP contribution is -2.15. The molecule has 0 radical (unpaired) electrons. The Kier molecular flexibility index (Phi) is 5.65. The number of carbonyl (C=O) groups excluding carboxylic acids is 1. The molecule has 32 heavy (non-hydrogen) atoms. The van der Waals surface area contributed by atoms with Crippen LogP contribution in [-0.2, 0) is 6.18 Å². The molecule has 1 aliphatic rings. The number of amides is 1. The number of halogens is 3. The lowest BCUT2D eigenvalue weighted by atomic mass is 10.1. The van der Waals surface area contributed by atoms with Gasteiger partial charge in [-0.2, -0.15) is 13.2 Å². The maximum absolute atomic E-state index is 12.9. The topological polar surface area (TPSA) is 67.8 Å². The van der Waals surface area contributed by atoms with Crippen LogP contribution in [0.25, 0.3) is 0 Å². The number of phenols is 1. The number of aromatic hydroxyl groups is 1. The van der Waals surface area contributed by atoms with Gasteiger partial charge in [-0.15, -0.1) is 0 Å². The van der Waals surface area contributed by atoms with Gasteiger partial charge in [0.05, 0.1) is 11.1 Å². The molecule has 8 heteroatoms. The molecule has 162 valence electrons. The van der Waals surface area contributed by atoms with Crippen LogP contribution in [0, 0.1) is 11.8 Å². The van der Waals surface area contributed by atoms with E-state index in [1.54, 1.807) is 18.2 Å². The number of carbonyl (C=O) groups is 1. The minimum atomic E-state index is -4.54. The molecule has 0 fully saturated rings. The highest BCUT2D eigenvalue weighted by Gasteiger charge is 2.30. The van der Waals surface area contributed by atoms with Crippen LogP contribution in [0.15, 0.2) is 60.7 Å². The zero-order chi connectivity index (χ0) is 22.7. The van der Waals surface area contributed by atoms with Crippen LogP contribution >= 0.6 is 0 Å². The minimum absolute atomic E-state index is 0.0445. The molecule has 4 rings (SSSR count). The van der Waals surface area contributed by atoms with Crippen LogP contribution in [0.3, 0.4) is 0 Å². The standard InChI is InChI=1S/C24H16F3NO4/c25-24(26,27)17-2-1-3-18(14-17)28-23(30)19-12-15(6-8-20(19)29)4-5-16-7-9-21-22(13-16)32-11-10-31-21/h1-3,6-9,12-14,29H,10-11H2,(H,28,30). The molecule has 1 aliphatic heterocycles. The number of rotatable bonds is 2. The first kappa shape index (κ1) is 21.1. The number of anilines is 1. The first-order valence-corrected chi connectivity index (χ1v) is 9.53. The third kappa shape index (κ3) is 4.78. The Morgan fingerprint density at radius 1 is 0.906 bits per heavy atom. The summed E-state index contributed by atoms with van der Waals surface area (Å²) in [7, 11) is 0. The van der Waals surface area contributed by atoms with Crippen molar-refractivity contribution in [2.45, 2.75) is 6.18 Å². The molecule has 0 saturated heterocycles. The Labute approximate surface area is 181 Å². The SMILES string of the molecule is O=C(Nc1cccc(C(F)(F)F)c1)c1cc(C#Cc2ccc3c(c2)OCCO3)ccc1O. The summed E-state index contributed by atoms with van der Waals surface area (Å²) >= 11 is 0. The van der Waals surface area contributed by atoms with Crippen molar-refractivity contribution in [1.82, 2.24) is 0 Å². The van der Waals surface area contributed by atoms with E-state index in [2.05, 4.69) is 17.2 Å². The Morgan fingerprint density at radius 2 is 1.59 bits per heavy atom. The molecule has 0 spiro atoms. The minimum Gasteiger partial charge on any atom is -0.507 e. The van der Waals surface area contributed by atoms with Gasteiger partial charge < -0.3 is 19.9 Å². The van der Waals surface area contributed by atoms with Crippen LogP contribution in [0.1, 0.15) is 27.0 Å². The molecule has 3 aromatic carbocycles. The first-order valence-electron chi connectivity index (χ1n) is 9.53. The number of ether oxygens (including phenoxy) is 2. The average Bonchev–Trinajstić information content (AvgIpc) is 2.78. The molecule has 0 saturated carbocycles. The molecule has 1 heterocycles. The quantitative estimate of drug-likeness (QED) is 0.561. The van der Waals surface area contributed by atoms with E-state index in [1.165, 1.54) is 30.3 Å². The summed E-state index contributed by atoms with van der Waals surface area (Å²) in [6, 6.07) is 13.7. The van der Waals surface area contributed by atoms with Crippen LogP contribution < -0.4 is 14.8 Å². The maximum Gasteiger partial charge on any atom is 0.416 e. The third-order valence-electron chi connectivity index (χ3n) is 4.58. The van der Waals surface area contributed by atoms with Gasteiger partial charge in [0.2, 0.25) is 0 Å². The Hall–Kier alpha value is -4.12. The molecule has 3 aromatic rings. The van der Waals surface area contributed by atoms with E-state index in [4.69, 9.17) is 9.47 Å². The van der Waals surface area contributed by atoms with Gasteiger partial charge in [0, 0.05) is 16.8 Å². The van der Waals surface area contributed by atoms with Gasteiger partial charge in [-0.1, -0.05) is 17.9 Å². The fourth-order valence-corrected chi connectivity index (χ4v) is 3.03. The van der Waals surface area contributed by atoms with Gasteiger partial charge >= 0.3 is 6.18 Å². The number of nitrogens with one attached hydrogen (secondary N) is 1. The first-order chi connectivity index (χ1) is 15.3. The second-order valence-corrected chi connectivity index (χ2v) is 6.87. The van der Waals surface area contributed by atoms with Gasteiger partial charge in [0.15, 0.2) is 11.5 Å². The van der Waals surface area contributed by atoms with E-state index in [-0.39, 0.29) is 17.0 Å². The van der Waals surface area contributed by atoms with Crippen LogP contribution in [0.2, 0.25) is 0 Å². The smallest absolute Gasteiger partial charge is 0.416 e. The van der Waals surface area contributed by atoms with E-state index in [0.717, 1.165) is 12.1 Å². The molecular formula is C24H16F3NO4. The lowest BCUT2D eigenvalue weighted by Gasteiger charge is -2.17. The van der Waals surface area contributed by atoms with E-state index in [1.807, 2.05) is 0 Å². The Balaban J connectivity index is 1.55. The van der Waals surface area contributed by atoms with Gasteiger partial charge in [-0.25, -0.2) is 0 Å². The summed E-state index contributed by atoms with van der Waals surface area (Å²) in [5, 5.41) is 12.4. The zero-order valence-electron chi connectivity index (χ0n) is 16.5. The lowest BCUT2D eigenvalue weighted by molar-refractivity contribution is -0.137. The van der Waals surface area contributed by atoms with Crippen molar-refractivity contribution in [3.05, 3.63) is 82.9 Å². The van der Waals surface area contributed by atoms with Crippen molar-refractivity contribution in [3.63, 3.8) is 0 Å². The van der Waals surface area contributed by atoms with Crippen molar-refractivity contribution < 1.29 is 32.5 Å². The number of phenolic OH excluding ortho intramolecular Hbond substituents is 1. The highest BCUT2D eigenvalue weighted by Crippen LogP contribution is 2.32. The number of benzene rings is 3. The highest BCUT2D eigenvalue weighted by atomic mass is 19.4. The molecule has 0 atom stereocenters. The predicted octanol–water partition coefficient (Wildman–Crippen LogP) is 4.83. The second-order valence-electron chi connectivity index (χ2n) is 6.87. The summed E-state index contributed by atoms with van der Waals surface area (Å²) in [6.45, 7) is 0.934.